The number of rotatable bonds is 2. The highest BCUT2D eigenvalue weighted by Gasteiger charge is 2.38. The molecular formula is C23H19ClF5N5O2. The SMILES string of the molecule is CC1N=C(c2c(F)cccc2F)c2c(ccc(C(F)(F)F)c2Cl)-n2nc(NC(=O)OC(C)(C)C)nc21. The second-order valence-corrected chi connectivity index (χ2v) is 9.28. The Morgan fingerprint density at radius 3 is 2.31 bits per heavy atom. The number of carbonyl (C=O) groups excluding carboxylic acids is 1. The van der Waals surface area contributed by atoms with Gasteiger partial charge in [0.05, 0.1) is 27.5 Å². The van der Waals surface area contributed by atoms with Crippen molar-refractivity contribution in [2.24, 2.45) is 4.99 Å². The van der Waals surface area contributed by atoms with E-state index in [1.165, 1.54) is 6.92 Å². The van der Waals surface area contributed by atoms with Gasteiger partial charge >= 0.3 is 12.3 Å². The predicted octanol–water partition coefficient (Wildman–Crippen LogP) is 6.48. The first-order chi connectivity index (χ1) is 16.7. The van der Waals surface area contributed by atoms with Gasteiger partial charge in [0.15, 0.2) is 5.82 Å². The molecule has 13 heteroatoms. The molecule has 2 heterocycles. The number of hydrogen-bond donors (Lipinski definition) is 1. The Kier molecular flexibility index (Phi) is 6.27. The number of amides is 1. The first-order valence-corrected chi connectivity index (χ1v) is 10.9. The van der Waals surface area contributed by atoms with Gasteiger partial charge in [-0.2, -0.15) is 18.2 Å². The van der Waals surface area contributed by atoms with Gasteiger partial charge in [0.25, 0.3) is 5.95 Å². The van der Waals surface area contributed by atoms with Gasteiger partial charge < -0.3 is 4.74 Å². The lowest BCUT2D eigenvalue weighted by Gasteiger charge is -2.19. The van der Waals surface area contributed by atoms with Crippen molar-refractivity contribution in [3.05, 3.63) is 69.5 Å². The molecule has 3 aromatic rings. The van der Waals surface area contributed by atoms with E-state index >= 15 is 0 Å². The van der Waals surface area contributed by atoms with E-state index in [4.69, 9.17) is 16.3 Å². The summed E-state index contributed by atoms with van der Waals surface area (Å²) in [5, 5.41) is 5.70. The van der Waals surface area contributed by atoms with Crippen molar-refractivity contribution in [2.45, 2.75) is 45.5 Å². The molecule has 0 fully saturated rings. The molecule has 0 saturated carbocycles. The smallest absolute Gasteiger partial charge is 0.417 e. The molecule has 0 aliphatic carbocycles. The lowest BCUT2D eigenvalue weighted by atomic mass is 9.97. The number of aliphatic imine (C=N–C) groups is 1. The van der Waals surface area contributed by atoms with Crippen LogP contribution in [0.4, 0.5) is 32.7 Å². The van der Waals surface area contributed by atoms with Crippen LogP contribution in [-0.2, 0) is 10.9 Å². The Hall–Kier alpha value is -3.54. The van der Waals surface area contributed by atoms with Crippen molar-refractivity contribution in [1.29, 1.82) is 0 Å². The fourth-order valence-electron chi connectivity index (χ4n) is 3.64. The molecule has 0 bridgehead atoms. The third-order valence-corrected chi connectivity index (χ3v) is 5.42. The minimum absolute atomic E-state index is 0.0708. The Morgan fingerprint density at radius 1 is 1.08 bits per heavy atom. The Bertz CT molecular complexity index is 1370. The number of nitrogens with zero attached hydrogens (tertiary/aromatic N) is 4. The molecule has 1 aliphatic rings. The van der Waals surface area contributed by atoms with Crippen molar-refractivity contribution in [1.82, 2.24) is 14.8 Å². The minimum atomic E-state index is -4.86. The number of halogens is 6. The van der Waals surface area contributed by atoms with Gasteiger partial charge in [-0.05, 0) is 52.0 Å². The van der Waals surface area contributed by atoms with Crippen LogP contribution in [0.15, 0.2) is 35.3 Å². The van der Waals surface area contributed by atoms with Crippen LogP contribution in [-0.4, -0.2) is 32.2 Å². The summed E-state index contributed by atoms with van der Waals surface area (Å²) >= 11 is 6.21. The van der Waals surface area contributed by atoms with Crippen molar-refractivity contribution in [3.63, 3.8) is 0 Å². The third kappa shape index (κ3) is 4.77. The fraction of sp³-hybridized carbons (Fsp3) is 0.304. The van der Waals surface area contributed by atoms with Gasteiger partial charge in [-0.3, -0.25) is 10.3 Å². The topological polar surface area (TPSA) is 81.4 Å². The highest BCUT2D eigenvalue weighted by molar-refractivity contribution is 6.37. The molecule has 36 heavy (non-hydrogen) atoms. The summed E-state index contributed by atoms with van der Waals surface area (Å²) in [5.41, 5.74) is -3.59. The summed E-state index contributed by atoms with van der Waals surface area (Å²) in [4.78, 5) is 20.7. The second-order valence-electron chi connectivity index (χ2n) is 8.90. The zero-order valence-electron chi connectivity index (χ0n) is 19.3. The number of carbonyl (C=O) groups is 1. The van der Waals surface area contributed by atoms with E-state index in [1.54, 1.807) is 20.8 Å². The van der Waals surface area contributed by atoms with Gasteiger partial charge in [-0.15, -0.1) is 5.10 Å². The number of nitrogens with one attached hydrogen (secondary N) is 1. The van der Waals surface area contributed by atoms with Gasteiger partial charge in [0, 0.05) is 5.56 Å². The van der Waals surface area contributed by atoms with E-state index in [0.29, 0.717) is 0 Å². The highest BCUT2D eigenvalue weighted by atomic mass is 35.5. The summed E-state index contributed by atoms with van der Waals surface area (Å²) < 4.78 is 76.9. The second kappa shape index (κ2) is 8.84. The van der Waals surface area contributed by atoms with Gasteiger partial charge in [0.2, 0.25) is 0 Å². The van der Waals surface area contributed by atoms with E-state index in [1.807, 2.05) is 0 Å². The molecule has 1 aromatic heterocycles. The molecular weight excluding hydrogens is 509 g/mol. The lowest BCUT2D eigenvalue weighted by molar-refractivity contribution is -0.137. The number of hydrogen-bond acceptors (Lipinski definition) is 5. The van der Waals surface area contributed by atoms with Crippen molar-refractivity contribution < 1.29 is 31.5 Å². The quantitative estimate of drug-likeness (QED) is 0.387. The van der Waals surface area contributed by atoms with Crippen LogP contribution in [0.2, 0.25) is 5.02 Å². The summed E-state index contributed by atoms with van der Waals surface area (Å²) in [7, 11) is 0. The van der Waals surface area contributed by atoms with Gasteiger partial charge in [-0.1, -0.05) is 17.7 Å². The van der Waals surface area contributed by atoms with Crippen LogP contribution in [0.25, 0.3) is 5.69 Å². The summed E-state index contributed by atoms with van der Waals surface area (Å²) in [6.07, 6.45) is -5.73. The third-order valence-electron chi connectivity index (χ3n) is 5.03. The maximum Gasteiger partial charge on any atom is 0.417 e. The van der Waals surface area contributed by atoms with Crippen LogP contribution in [0.5, 0.6) is 0 Å². The van der Waals surface area contributed by atoms with E-state index in [9.17, 15) is 26.7 Å². The standard InChI is InChI=1S/C23H19ClF5N5O2/c1-10-19-31-20(32-21(35)36-22(2,3)4)33-34(19)14-9-8-11(23(27,28)29)17(24)16(14)18(30-10)15-12(25)6-5-7-13(15)26/h5-10H,1-4H3,(H,32,33,35). The van der Waals surface area contributed by atoms with E-state index in [0.717, 1.165) is 35.0 Å². The monoisotopic (exact) mass is 527 g/mol. The first kappa shape index (κ1) is 25.5. The first-order valence-electron chi connectivity index (χ1n) is 10.6. The molecule has 2 aromatic carbocycles. The average molecular weight is 528 g/mol. The molecule has 1 unspecified atom stereocenters. The lowest BCUT2D eigenvalue weighted by Crippen LogP contribution is -2.27. The maximum absolute atomic E-state index is 14.8. The zero-order chi connectivity index (χ0) is 26.6. The van der Waals surface area contributed by atoms with E-state index < -0.39 is 63.0 Å². The number of ether oxygens (including phenoxy) is 1. The molecule has 1 aliphatic heterocycles. The van der Waals surface area contributed by atoms with E-state index in [2.05, 4.69) is 20.4 Å². The van der Waals surface area contributed by atoms with Gasteiger partial charge in [-0.25, -0.2) is 18.3 Å². The zero-order valence-corrected chi connectivity index (χ0v) is 20.1. The molecule has 4 rings (SSSR count). The fourth-order valence-corrected chi connectivity index (χ4v) is 3.99. The molecule has 0 radical (unpaired) electrons. The van der Waals surface area contributed by atoms with Crippen LogP contribution in [0, 0.1) is 11.6 Å². The predicted molar refractivity (Wildman–Crippen MR) is 122 cm³/mol. The Balaban J connectivity index is 1.95. The summed E-state index contributed by atoms with van der Waals surface area (Å²) in [5.74, 6) is -2.23. The molecule has 190 valence electrons. The van der Waals surface area contributed by atoms with Gasteiger partial charge in [0.1, 0.15) is 23.3 Å². The number of anilines is 1. The number of benzene rings is 2. The molecule has 0 saturated heterocycles. The number of aromatic nitrogens is 3. The molecule has 1 amide bonds. The molecule has 0 spiro atoms. The van der Waals surface area contributed by atoms with Crippen molar-refractivity contribution >= 4 is 29.4 Å². The average Bonchev–Trinajstić information content (AvgIpc) is 3.09. The number of alkyl halides is 3. The van der Waals surface area contributed by atoms with Crippen LogP contribution in [0.3, 0.4) is 0 Å². The minimum Gasteiger partial charge on any atom is -0.444 e. The Labute approximate surface area is 207 Å². The van der Waals surface area contributed by atoms with Crippen LogP contribution in [0.1, 0.15) is 56.3 Å². The summed E-state index contributed by atoms with van der Waals surface area (Å²) in [6.45, 7) is 6.46. The Morgan fingerprint density at radius 2 is 1.72 bits per heavy atom. The normalized spacial score (nSPS) is 15.5. The molecule has 7 nitrogen and oxygen atoms in total. The van der Waals surface area contributed by atoms with Crippen molar-refractivity contribution in [3.8, 4) is 5.69 Å². The van der Waals surface area contributed by atoms with Crippen LogP contribution >= 0.6 is 11.6 Å². The largest absolute Gasteiger partial charge is 0.444 e. The van der Waals surface area contributed by atoms with E-state index in [-0.39, 0.29) is 17.5 Å². The summed E-state index contributed by atoms with van der Waals surface area (Å²) in [6, 6.07) is 3.84. The maximum atomic E-state index is 14.8. The highest BCUT2D eigenvalue weighted by Crippen LogP contribution is 2.42. The number of fused-ring (bicyclic) bond motifs is 3. The molecule has 1 atom stereocenters. The molecule has 1 N–H and O–H groups in total. The van der Waals surface area contributed by atoms with Crippen molar-refractivity contribution in [2.75, 3.05) is 5.32 Å². The van der Waals surface area contributed by atoms with Crippen LogP contribution < -0.4 is 5.32 Å².